The summed E-state index contributed by atoms with van der Waals surface area (Å²) in [6.45, 7) is 1.70. The molecule has 90 valence electrons. The van der Waals surface area contributed by atoms with Crippen molar-refractivity contribution < 1.29 is 9.53 Å². The second kappa shape index (κ2) is 4.36. The summed E-state index contributed by atoms with van der Waals surface area (Å²) in [5.41, 5.74) is 0.708. The highest BCUT2D eigenvalue weighted by molar-refractivity contribution is 5.88. The molecule has 2 rings (SSSR count). The van der Waals surface area contributed by atoms with Crippen LogP contribution < -0.4 is 5.32 Å². The SMILES string of the molecule is COC(=O)C(C)Nc1ncnc2c1cnn2C. The highest BCUT2D eigenvalue weighted by Crippen LogP contribution is 2.18. The molecule has 0 radical (unpaired) electrons. The smallest absolute Gasteiger partial charge is 0.328 e. The van der Waals surface area contributed by atoms with Crippen molar-refractivity contribution in [2.75, 3.05) is 12.4 Å². The minimum atomic E-state index is -0.474. The lowest BCUT2D eigenvalue weighted by atomic mass is 10.3. The second-order valence-corrected chi connectivity index (χ2v) is 3.62. The van der Waals surface area contributed by atoms with E-state index in [1.165, 1.54) is 13.4 Å². The van der Waals surface area contributed by atoms with Crippen molar-refractivity contribution in [2.24, 2.45) is 7.05 Å². The van der Waals surface area contributed by atoms with Crippen LogP contribution in [0.1, 0.15) is 6.92 Å². The van der Waals surface area contributed by atoms with Crippen molar-refractivity contribution in [3.05, 3.63) is 12.5 Å². The van der Waals surface area contributed by atoms with E-state index in [1.54, 1.807) is 24.9 Å². The number of methoxy groups -OCH3 is 1. The van der Waals surface area contributed by atoms with Crippen molar-refractivity contribution in [1.82, 2.24) is 19.7 Å². The molecule has 1 atom stereocenters. The molecule has 0 fully saturated rings. The number of aromatic nitrogens is 4. The molecule has 2 aromatic rings. The van der Waals surface area contributed by atoms with Crippen LogP contribution >= 0.6 is 0 Å². The third kappa shape index (κ3) is 2.03. The summed E-state index contributed by atoms with van der Waals surface area (Å²) in [6, 6.07) is -0.474. The summed E-state index contributed by atoms with van der Waals surface area (Å²) >= 11 is 0. The molecule has 17 heavy (non-hydrogen) atoms. The predicted octanol–water partition coefficient (Wildman–Crippen LogP) is 0.337. The van der Waals surface area contributed by atoms with Crippen LogP contribution in [0, 0.1) is 0 Å². The van der Waals surface area contributed by atoms with E-state index < -0.39 is 6.04 Å². The van der Waals surface area contributed by atoms with Gasteiger partial charge < -0.3 is 10.1 Å². The van der Waals surface area contributed by atoms with E-state index in [2.05, 4.69) is 25.1 Å². The maximum absolute atomic E-state index is 11.3. The van der Waals surface area contributed by atoms with Gasteiger partial charge in [0.05, 0.1) is 18.7 Å². The molecule has 0 spiro atoms. The van der Waals surface area contributed by atoms with Crippen LogP contribution in [0.4, 0.5) is 5.82 Å². The Morgan fingerprint density at radius 1 is 1.53 bits per heavy atom. The Balaban J connectivity index is 2.33. The molecular formula is C10H13N5O2. The number of carbonyl (C=O) groups excluding carboxylic acids is 1. The van der Waals surface area contributed by atoms with Gasteiger partial charge in [-0.05, 0) is 6.92 Å². The third-order valence-electron chi connectivity index (χ3n) is 2.44. The molecule has 0 saturated carbocycles. The number of carbonyl (C=O) groups is 1. The number of hydrogen-bond donors (Lipinski definition) is 1. The van der Waals surface area contributed by atoms with Gasteiger partial charge in [0.25, 0.3) is 0 Å². The molecular weight excluding hydrogens is 222 g/mol. The minimum Gasteiger partial charge on any atom is -0.467 e. The molecule has 7 nitrogen and oxygen atoms in total. The number of anilines is 1. The molecule has 0 saturated heterocycles. The van der Waals surface area contributed by atoms with Gasteiger partial charge in [0, 0.05) is 7.05 Å². The van der Waals surface area contributed by atoms with Crippen LogP contribution in [0.3, 0.4) is 0 Å². The third-order valence-corrected chi connectivity index (χ3v) is 2.44. The highest BCUT2D eigenvalue weighted by Gasteiger charge is 2.15. The summed E-state index contributed by atoms with van der Waals surface area (Å²) in [7, 11) is 3.14. The van der Waals surface area contributed by atoms with Gasteiger partial charge in [-0.3, -0.25) is 4.68 Å². The Kier molecular flexibility index (Phi) is 2.90. The summed E-state index contributed by atoms with van der Waals surface area (Å²) < 4.78 is 6.28. The minimum absolute atomic E-state index is 0.347. The standard InChI is InChI=1S/C10H13N5O2/c1-6(10(16)17-3)14-8-7-4-13-15(2)9(7)12-5-11-8/h4-6H,1-3H3,(H,11,12,14). The van der Waals surface area contributed by atoms with Crippen molar-refractivity contribution in [1.29, 1.82) is 0 Å². The Morgan fingerprint density at radius 2 is 2.29 bits per heavy atom. The second-order valence-electron chi connectivity index (χ2n) is 3.62. The van der Waals surface area contributed by atoms with E-state index in [4.69, 9.17) is 0 Å². The molecule has 2 heterocycles. The zero-order valence-electron chi connectivity index (χ0n) is 9.84. The van der Waals surface area contributed by atoms with Crippen molar-refractivity contribution in [3.8, 4) is 0 Å². The van der Waals surface area contributed by atoms with E-state index in [0.29, 0.717) is 11.5 Å². The van der Waals surface area contributed by atoms with E-state index in [9.17, 15) is 4.79 Å². The number of rotatable bonds is 3. The number of hydrogen-bond acceptors (Lipinski definition) is 6. The molecule has 0 aliphatic heterocycles. The van der Waals surface area contributed by atoms with Crippen molar-refractivity contribution >= 4 is 22.8 Å². The Morgan fingerprint density at radius 3 is 3.00 bits per heavy atom. The first-order valence-corrected chi connectivity index (χ1v) is 5.10. The monoisotopic (exact) mass is 235 g/mol. The molecule has 1 N–H and O–H groups in total. The summed E-state index contributed by atoms with van der Waals surface area (Å²) in [4.78, 5) is 19.5. The van der Waals surface area contributed by atoms with Gasteiger partial charge in [0.2, 0.25) is 0 Å². The Hall–Kier alpha value is -2.18. The quantitative estimate of drug-likeness (QED) is 0.772. The van der Waals surface area contributed by atoms with Gasteiger partial charge in [-0.25, -0.2) is 14.8 Å². The first-order valence-electron chi connectivity index (χ1n) is 5.10. The molecule has 0 aliphatic carbocycles. The molecule has 0 bridgehead atoms. The zero-order valence-corrected chi connectivity index (χ0v) is 9.84. The number of nitrogens with zero attached hydrogens (tertiary/aromatic N) is 4. The van der Waals surface area contributed by atoms with Crippen LogP contribution in [0.15, 0.2) is 12.5 Å². The van der Waals surface area contributed by atoms with Crippen LogP contribution in [-0.4, -0.2) is 38.9 Å². The number of esters is 1. The first kappa shape index (κ1) is 11.3. The Bertz CT molecular complexity index is 551. The van der Waals surface area contributed by atoms with Gasteiger partial charge in [0.1, 0.15) is 18.2 Å². The van der Waals surface area contributed by atoms with Gasteiger partial charge in [-0.1, -0.05) is 0 Å². The summed E-state index contributed by atoms with van der Waals surface area (Å²) in [5.74, 6) is 0.224. The Labute approximate surface area is 97.8 Å². The van der Waals surface area contributed by atoms with Crippen LogP contribution in [0.2, 0.25) is 0 Å². The average molecular weight is 235 g/mol. The number of nitrogens with one attached hydrogen (secondary N) is 1. The molecule has 0 aliphatic rings. The van der Waals surface area contributed by atoms with Gasteiger partial charge in [-0.15, -0.1) is 0 Å². The van der Waals surface area contributed by atoms with Gasteiger partial charge >= 0.3 is 5.97 Å². The van der Waals surface area contributed by atoms with Crippen molar-refractivity contribution in [3.63, 3.8) is 0 Å². The fraction of sp³-hybridized carbons (Fsp3) is 0.400. The highest BCUT2D eigenvalue weighted by atomic mass is 16.5. The molecule has 1 unspecified atom stereocenters. The lowest BCUT2D eigenvalue weighted by Crippen LogP contribution is -2.27. The first-order chi connectivity index (χ1) is 8.13. The normalized spacial score (nSPS) is 12.4. The summed E-state index contributed by atoms with van der Waals surface area (Å²) in [5, 5.41) is 7.83. The zero-order chi connectivity index (χ0) is 12.4. The number of aryl methyl sites for hydroxylation is 1. The van der Waals surface area contributed by atoms with E-state index in [0.717, 1.165) is 5.39 Å². The fourth-order valence-corrected chi connectivity index (χ4v) is 1.52. The van der Waals surface area contributed by atoms with Crippen LogP contribution in [-0.2, 0) is 16.6 Å². The maximum Gasteiger partial charge on any atom is 0.328 e. The van der Waals surface area contributed by atoms with Gasteiger partial charge in [-0.2, -0.15) is 5.10 Å². The molecule has 0 aromatic carbocycles. The van der Waals surface area contributed by atoms with E-state index in [1.807, 2.05) is 0 Å². The maximum atomic E-state index is 11.3. The van der Waals surface area contributed by atoms with Crippen LogP contribution in [0.25, 0.3) is 11.0 Å². The summed E-state index contributed by atoms with van der Waals surface area (Å²) in [6.07, 6.45) is 3.08. The van der Waals surface area contributed by atoms with Crippen LogP contribution in [0.5, 0.6) is 0 Å². The molecule has 2 aromatic heterocycles. The largest absolute Gasteiger partial charge is 0.467 e. The number of fused-ring (bicyclic) bond motifs is 1. The average Bonchev–Trinajstić information content (AvgIpc) is 2.71. The van der Waals surface area contributed by atoms with E-state index in [-0.39, 0.29) is 5.97 Å². The molecule has 0 amide bonds. The predicted molar refractivity (Wildman–Crippen MR) is 61.4 cm³/mol. The van der Waals surface area contributed by atoms with Crippen molar-refractivity contribution in [2.45, 2.75) is 13.0 Å². The lowest BCUT2D eigenvalue weighted by molar-refractivity contribution is -0.141. The molecule has 7 heteroatoms. The lowest BCUT2D eigenvalue weighted by Gasteiger charge is -2.12. The number of ether oxygens (including phenoxy) is 1. The topological polar surface area (TPSA) is 81.9 Å². The van der Waals surface area contributed by atoms with Gasteiger partial charge in [0.15, 0.2) is 5.65 Å². The van der Waals surface area contributed by atoms with E-state index >= 15 is 0 Å². The fourth-order valence-electron chi connectivity index (χ4n) is 1.52.